The first-order chi connectivity index (χ1) is 12.7. The maximum Gasteiger partial charge on any atom is 0.265 e. The average molecular weight is 363 g/mol. The van der Waals surface area contributed by atoms with E-state index in [1.807, 2.05) is 55.5 Å². The van der Waals surface area contributed by atoms with Gasteiger partial charge in [0.1, 0.15) is 5.75 Å². The molecule has 4 heteroatoms. The minimum absolute atomic E-state index is 0.0654. The van der Waals surface area contributed by atoms with Gasteiger partial charge in [0.05, 0.1) is 10.6 Å². The minimum Gasteiger partial charge on any atom is -0.455 e. The van der Waals surface area contributed by atoms with Crippen LogP contribution in [0.1, 0.15) is 38.5 Å². The van der Waals surface area contributed by atoms with Crippen molar-refractivity contribution >= 4 is 22.9 Å². The van der Waals surface area contributed by atoms with Crippen molar-refractivity contribution in [2.45, 2.75) is 32.6 Å². The van der Waals surface area contributed by atoms with Crippen molar-refractivity contribution < 1.29 is 9.53 Å². The van der Waals surface area contributed by atoms with E-state index in [1.165, 1.54) is 28.8 Å². The highest BCUT2D eigenvalue weighted by Gasteiger charge is 2.18. The topological polar surface area (TPSA) is 38.3 Å². The van der Waals surface area contributed by atoms with Gasteiger partial charge in [-0.1, -0.05) is 29.8 Å². The first kappa shape index (κ1) is 16.9. The molecule has 0 saturated carbocycles. The molecule has 1 heterocycles. The molecular formula is C22H21NO2S. The van der Waals surface area contributed by atoms with Crippen molar-refractivity contribution in [2.75, 3.05) is 5.32 Å². The molecule has 0 fully saturated rings. The number of rotatable bonds is 4. The number of nitrogens with one attached hydrogen (secondary N) is 1. The van der Waals surface area contributed by atoms with E-state index in [2.05, 4.69) is 11.4 Å². The van der Waals surface area contributed by atoms with Crippen molar-refractivity contribution in [1.82, 2.24) is 0 Å². The number of hydrogen-bond acceptors (Lipinski definition) is 3. The smallest absolute Gasteiger partial charge is 0.265 e. The Balaban J connectivity index is 1.53. The highest BCUT2D eigenvalue weighted by atomic mass is 32.1. The zero-order valence-corrected chi connectivity index (χ0v) is 15.6. The van der Waals surface area contributed by atoms with Gasteiger partial charge in [-0.2, -0.15) is 0 Å². The normalized spacial score (nSPS) is 13.1. The Morgan fingerprint density at radius 2 is 1.81 bits per heavy atom. The lowest BCUT2D eigenvalue weighted by Gasteiger charge is -2.12. The van der Waals surface area contributed by atoms with Gasteiger partial charge < -0.3 is 10.1 Å². The Labute approximate surface area is 157 Å². The summed E-state index contributed by atoms with van der Waals surface area (Å²) >= 11 is 1.62. The summed E-state index contributed by atoms with van der Waals surface area (Å²) < 4.78 is 5.97. The van der Waals surface area contributed by atoms with Gasteiger partial charge in [0.2, 0.25) is 0 Å². The summed E-state index contributed by atoms with van der Waals surface area (Å²) in [6, 6.07) is 17.5. The summed E-state index contributed by atoms with van der Waals surface area (Å²) in [4.78, 5) is 14.9. The molecule has 26 heavy (non-hydrogen) atoms. The van der Waals surface area contributed by atoms with E-state index in [-0.39, 0.29) is 5.91 Å². The fourth-order valence-corrected chi connectivity index (χ4v) is 4.33. The van der Waals surface area contributed by atoms with Crippen LogP contribution >= 0.6 is 11.3 Å². The van der Waals surface area contributed by atoms with Crippen LogP contribution in [0.2, 0.25) is 0 Å². The van der Waals surface area contributed by atoms with Gasteiger partial charge in [-0.25, -0.2) is 0 Å². The van der Waals surface area contributed by atoms with E-state index < -0.39 is 0 Å². The SMILES string of the molecule is Cc1ccc(Oc2ccccc2NC(=O)c2cc3c(s2)CCCC3)cc1. The number of aryl methyl sites for hydroxylation is 3. The van der Waals surface area contributed by atoms with E-state index in [0.29, 0.717) is 11.4 Å². The Bertz CT molecular complexity index is 904. The van der Waals surface area contributed by atoms with Crippen LogP contribution in [0, 0.1) is 6.92 Å². The largest absolute Gasteiger partial charge is 0.455 e. The van der Waals surface area contributed by atoms with Gasteiger partial charge in [-0.05, 0) is 68.5 Å². The predicted octanol–water partition coefficient (Wildman–Crippen LogP) is 5.98. The second kappa shape index (κ2) is 7.34. The molecule has 0 unspecified atom stereocenters. The van der Waals surface area contributed by atoms with Crippen molar-refractivity contribution in [3.63, 3.8) is 0 Å². The van der Waals surface area contributed by atoms with Crippen LogP contribution in [-0.2, 0) is 12.8 Å². The lowest BCUT2D eigenvalue weighted by atomic mass is 9.99. The summed E-state index contributed by atoms with van der Waals surface area (Å²) in [5.74, 6) is 1.33. The number of hydrogen-bond donors (Lipinski definition) is 1. The molecule has 0 atom stereocenters. The fraction of sp³-hybridized carbons (Fsp3) is 0.227. The van der Waals surface area contributed by atoms with Gasteiger partial charge in [0, 0.05) is 4.88 Å². The highest BCUT2D eigenvalue weighted by Crippen LogP contribution is 2.32. The van der Waals surface area contributed by atoms with E-state index in [4.69, 9.17) is 4.74 Å². The average Bonchev–Trinajstić information content (AvgIpc) is 3.09. The molecule has 0 radical (unpaired) electrons. The molecule has 3 nitrogen and oxygen atoms in total. The number of carbonyl (C=O) groups is 1. The third-order valence-electron chi connectivity index (χ3n) is 4.60. The van der Waals surface area contributed by atoms with Crippen molar-refractivity contribution in [3.8, 4) is 11.5 Å². The van der Waals surface area contributed by atoms with Gasteiger partial charge in [-0.15, -0.1) is 11.3 Å². The van der Waals surface area contributed by atoms with Gasteiger partial charge in [0.25, 0.3) is 5.91 Å². The van der Waals surface area contributed by atoms with Crippen LogP contribution in [0.5, 0.6) is 11.5 Å². The van der Waals surface area contributed by atoms with E-state index in [1.54, 1.807) is 11.3 Å². The molecule has 1 amide bonds. The first-order valence-corrected chi connectivity index (χ1v) is 9.77. The number of carbonyl (C=O) groups excluding carboxylic acids is 1. The van der Waals surface area contributed by atoms with E-state index >= 15 is 0 Å². The Kier molecular flexibility index (Phi) is 4.76. The van der Waals surface area contributed by atoms with Crippen LogP contribution in [0.15, 0.2) is 54.6 Å². The number of benzene rings is 2. The Morgan fingerprint density at radius 1 is 1.04 bits per heavy atom. The minimum atomic E-state index is -0.0654. The molecule has 4 rings (SSSR count). The number of fused-ring (bicyclic) bond motifs is 1. The molecule has 132 valence electrons. The number of anilines is 1. The van der Waals surface area contributed by atoms with Crippen LogP contribution in [0.25, 0.3) is 0 Å². The Hall–Kier alpha value is -2.59. The standard InChI is InChI=1S/C22H21NO2S/c1-15-10-12-17(13-11-15)25-19-8-4-3-7-18(19)23-22(24)21-14-16-6-2-5-9-20(16)26-21/h3-4,7-8,10-14H,2,5-6,9H2,1H3,(H,23,24). The van der Waals surface area contributed by atoms with Crippen molar-refractivity contribution in [1.29, 1.82) is 0 Å². The maximum absolute atomic E-state index is 12.7. The highest BCUT2D eigenvalue weighted by molar-refractivity contribution is 7.14. The maximum atomic E-state index is 12.7. The molecule has 1 N–H and O–H groups in total. The van der Waals surface area contributed by atoms with Gasteiger partial charge >= 0.3 is 0 Å². The van der Waals surface area contributed by atoms with E-state index in [0.717, 1.165) is 23.5 Å². The second-order valence-corrected chi connectivity index (χ2v) is 7.77. The molecule has 1 aliphatic rings. The fourth-order valence-electron chi connectivity index (χ4n) is 3.18. The van der Waals surface area contributed by atoms with Crippen LogP contribution in [0.3, 0.4) is 0 Å². The molecule has 0 bridgehead atoms. The van der Waals surface area contributed by atoms with Crippen LogP contribution < -0.4 is 10.1 Å². The molecule has 0 aliphatic heterocycles. The number of thiophene rings is 1. The number of para-hydroxylation sites is 2. The summed E-state index contributed by atoms with van der Waals surface area (Å²) in [7, 11) is 0. The molecule has 1 aliphatic carbocycles. The quantitative estimate of drug-likeness (QED) is 0.619. The molecule has 0 spiro atoms. The third-order valence-corrected chi connectivity index (χ3v) is 5.84. The van der Waals surface area contributed by atoms with Crippen LogP contribution in [0.4, 0.5) is 5.69 Å². The molecule has 2 aromatic carbocycles. The predicted molar refractivity (Wildman–Crippen MR) is 107 cm³/mol. The van der Waals surface area contributed by atoms with Crippen LogP contribution in [-0.4, -0.2) is 5.91 Å². The summed E-state index contributed by atoms with van der Waals surface area (Å²) in [5, 5.41) is 3.01. The molecule has 1 aromatic heterocycles. The van der Waals surface area contributed by atoms with E-state index in [9.17, 15) is 4.79 Å². The molecule has 0 saturated heterocycles. The lowest BCUT2D eigenvalue weighted by Crippen LogP contribution is -2.10. The van der Waals surface area contributed by atoms with Gasteiger partial charge in [0.15, 0.2) is 5.75 Å². The zero-order valence-electron chi connectivity index (χ0n) is 14.7. The second-order valence-electron chi connectivity index (χ2n) is 6.63. The summed E-state index contributed by atoms with van der Waals surface area (Å²) in [6.45, 7) is 2.04. The molecular weight excluding hydrogens is 342 g/mol. The zero-order chi connectivity index (χ0) is 17.9. The summed E-state index contributed by atoms with van der Waals surface area (Å²) in [5.41, 5.74) is 3.21. The van der Waals surface area contributed by atoms with Crippen molar-refractivity contribution in [3.05, 3.63) is 75.5 Å². The lowest BCUT2D eigenvalue weighted by molar-refractivity contribution is 0.103. The summed E-state index contributed by atoms with van der Waals surface area (Å²) in [6.07, 6.45) is 4.63. The van der Waals surface area contributed by atoms with Gasteiger partial charge in [-0.3, -0.25) is 4.79 Å². The number of amides is 1. The number of ether oxygens (including phenoxy) is 1. The molecule has 3 aromatic rings. The first-order valence-electron chi connectivity index (χ1n) is 8.95. The van der Waals surface area contributed by atoms with Crippen molar-refractivity contribution in [2.24, 2.45) is 0 Å². The Morgan fingerprint density at radius 3 is 2.62 bits per heavy atom. The third kappa shape index (κ3) is 3.65. The monoisotopic (exact) mass is 363 g/mol.